The van der Waals surface area contributed by atoms with Gasteiger partial charge in [0, 0.05) is 11.3 Å². The Morgan fingerprint density at radius 2 is 2.08 bits per heavy atom. The Bertz CT molecular complexity index is 284. The number of hydrogen-bond donors (Lipinski definition) is 1. The average molecular weight is 231 g/mol. The molecule has 1 rings (SSSR count). The highest BCUT2D eigenvalue weighted by molar-refractivity contribution is 7.16. The maximum Gasteiger partial charge on any atom is 0.414 e. The number of aliphatic hydroxyl groups is 1. The van der Waals surface area contributed by atoms with Crippen LogP contribution in [0.3, 0.4) is 0 Å². The lowest BCUT2D eigenvalue weighted by Crippen LogP contribution is -2.30. The van der Waals surface area contributed by atoms with Crippen molar-refractivity contribution >= 4 is 22.9 Å². The van der Waals surface area contributed by atoms with Crippen molar-refractivity contribution in [3.05, 3.63) is 21.3 Å². The van der Waals surface area contributed by atoms with Gasteiger partial charge in [0.05, 0.1) is 4.34 Å². The highest BCUT2D eigenvalue weighted by Crippen LogP contribution is 2.27. The van der Waals surface area contributed by atoms with E-state index in [0.29, 0.717) is 9.21 Å². The molecule has 0 saturated carbocycles. The van der Waals surface area contributed by atoms with Crippen LogP contribution in [0.25, 0.3) is 0 Å². The minimum absolute atomic E-state index is 0.421. The van der Waals surface area contributed by atoms with Gasteiger partial charge in [0.25, 0.3) is 0 Å². The van der Waals surface area contributed by atoms with Gasteiger partial charge in [0.1, 0.15) is 0 Å². The minimum atomic E-state index is -4.56. The number of halogens is 4. The molecule has 1 nitrogen and oxygen atoms in total. The molecular weight excluding hydrogens is 225 g/mol. The SMILES string of the molecule is O[C@H](Cc1ccc(Cl)s1)C(F)(F)F. The summed E-state index contributed by atoms with van der Waals surface area (Å²) < 4.78 is 36.0. The first-order valence-electron chi connectivity index (χ1n) is 3.38. The van der Waals surface area contributed by atoms with E-state index < -0.39 is 18.7 Å². The van der Waals surface area contributed by atoms with Crippen molar-refractivity contribution in [2.45, 2.75) is 18.7 Å². The summed E-state index contributed by atoms with van der Waals surface area (Å²) in [7, 11) is 0. The monoisotopic (exact) mass is 230 g/mol. The number of aliphatic hydroxyl groups excluding tert-OH is 1. The lowest BCUT2D eigenvalue weighted by molar-refractivity contribution is -0.202. The summed E-state index contributed by atoms with van der Waals surface area (Å²) in [5.74, 6) is 0. The molecule has 1 aromatic rings. The maximum atomic E-state index is 11.9. The molecule has 0 fully saturated rings. The third-order valence-electron chi connectivity index (χ3n) is 1.40. The molecular formula is C7H6ClF3OS. The Morgan fingerprint density at radius 3 is 2.46 bits per heavy atom. The first-order valence-corrected chi connectivity index (χ1v) is 4.58. The highest BCUT2D eigenvalue weighted by atomic mass is 35.5. The molecule has 0 aromatic carbocycles. The predicted molar refractivity (Wildman–Crippen MR) is 45.1 cm³/mol. The zero-order valence-electron chi connectivity index (χ0n) is 6.31. The maximum absolute atomic E-state index is 11.9. The topological polar surface area (TPSA) is 20.2 Å². The van der Waals surface area contributed by atoms with Gasteiger partial charge < -0.3 is 5.11 Å². The summed E-state index contributed by atoms with van der Waals surface area (Å²) in [6.45, 7) is 0. The fraction of sp³-hybridized carbons (Fsp3) is 0.429. The molecule has 1 aromatic heterocycles. The van der Waals surface area contributed by atoms with E-state index in [1.807, 2.05) is 0 Å². The molecule has 0 aliphatic carbocycles. The molecule has 0 unspecified atom stereocenters. The molecule has 74 valence electrons. The van der Waals surface area contributed by atoms with Crippen LogP contribution < -0.4 is 0 Å². The quantitative estimate of drug-likeness (QED) is 0.828. The minimum Gasteiger partial charge on any atom is -0.383 e. The van der Waals surface area contributed by atoms with Crippen LogP contribution in [0, 0.1) is 0 Å². The van der Waals surface area contributed by atoms with E-state index in [4.69, 9.17) is 16.7 Å². The van der Waals surface area contributed by atoms with Gasteiger partial charge >= 0.3 is 6.18 Å². The van der Waals surface area contributed by atoms with Gasteiger partial charge in [-0.1, -0.05) is 11.6 Å². The van der Waals surface area contributed by atoms with Gasteiger partial charge in [-0.25, -0.2) is 0 Å². The third kappa shape index (κ3) is 3.17. The second-order valence-corrected chi connectivity index (χ2v) is 4.27. The average Bonchev–Trinajstić information content (AvgIpc) is 2.33. The van der Waals surface area contributed by atoms with Crippen LogP contribution in [0.5, 0.6) is 0 Å². The first kappa shape index (κ1) is 10.8. The van der Waals surface area contributed by atoms with E-state index in [-0.39, 0.29) is 0 Å². The molecule has 0 radical (unpaired) electrons. The van der Waals surface area contributed by atoms with E-state index >= 15 is 0 Å². The first-order chi connectivity index (χ1) is 5.89. The molecule has 1 N–H and O–H groups in total. The summed E-state index contributed by atoms with van der Waals surface area (Å²) in [5.41, 5.74) is 0. The van der Waals surface area contributed by atoms with Crippen molar-refractivity contribution in [1.82, 2.24) is 0 Å². The van der Waals surface area contributed by atoms with Crippen molar-refractivity contribution in [2.24, 2.45) is 0 Å². The van der Waals surface area contributed by atoms with E-state index in [1.54, 1.807) is 0 Å². The van der Waals surface area contributed by atoms with E-state index in [0.717, 1.165) is 11.3 Å². The molecule has 0 spiro atoms. The van der Waals surface area contributed by atoms with Gasteiger partial charge in [0.2, 0.25) is 0 Å². The normalized spacial score (nSPS) is 14.5. The molecule has 0 saturated heterocycles. The Hall–Kier alpha value is -0.260. The largest absolute Gasteiger partial charge is 0.414 e. The van der Waals surface area contributed by atoms with Crippen LogP contribution in [0.1, 0.15) is 4.88 Å². The smallest absolute Gasteiger partial charge is 0.383 e. The number of thiophene rings is 1. The number of hydrogen-bond acceptors (Lipinski definition) is 2. The Kier molecular flexibility index (Phi) is 3.21. The molecule has 13 heavy (non-hydrogen) atoms. The molecule has 0 amide bonds. The van der Waals surface area contributed by atoms with Crippen LogP contribution >= 0.6 is 22.9 Å². The molecule has 1 atom stereocenters. The van der Waals surface area contributed by atoms with E-state index in [9.17, 15) is 13.2 Å². The van der Waals surface area contributed by atoms with Crippen LogP contribution in [0.4, 0.5) is 13.2 Å². The fourth-order valence-corrected chi connectivity index (χ4v) is 1.89. The Morgan fingerprint density at radius 1 is 1.46 bits per heavy atom. The lowest BCUT2D eigenvalue weighted by Gasteiger charge is -2.12. The zero-order chi connectivity index (χ0) is 10.1. The van der Waals surface area contributed by atoms with Crippen molar-refractivity contribution in [3.63, 3.8) is 0 Å². The molecule has 0 aliphatic heterocycles. The summed E-state index contributed by atoms with van der Waals surface area (Å²) in [5, 5.41) is 8.69. The van der Waals surface area contributed by atoms with Crippen molar-refractivity contribution in [3.8, 4) is 0 Å². The second kappa shape index (κ2) is 3.86. The third-order valence-corrected chi connectivity index (χ3v) is 2.65. The lowest BCUT2D eigenvalue weighted by atomic mass is 10.2. The van der Waals surface area contributed by atoms with Gasteiger partial charge in [-0.05, 0) is 12.1 Å². The van der Waals surface area contributed by atoms with Gasteiger partial charge in [-0.2, -0.15) is 13.2 Å². The van der Waals surface area contributed by atoms with Crippen molar-refractivity contribution in [2.75, 3.05) is 0 Å². The van der Waals surface area contributed by atoms with Gasteiger partial charge in [0.15, 0.2) is 6.10 Å². The summed E-state index contributed by atoms with van der Waals surface area (Å²) in [6, 6.07) is 2.98. The summed E-state index contributed by atoms with van der Waals surface area (Å²) >= 11 is 6.55. The fourth-order valence-electron chi connectivity index (χ4n) is 0.768. The van der Waals surface area contributed by atoms with Crippen molar-refractivity contribution < 1.29 is 18.3 Å². The van der Waals surface area contributed by atoms with Gasteiger partial charge in [-0.15, -0.1) is 11.3 Å². The summed E-state index contributed by atoms with van der Waals surface area (Å²) in [6.07, 6.45) is -7.29. The molecule has 6 heteroatoms. The Balaban J connectivity index is 2.60. The molecule has 0 bridgehead atoms. The number of alkyl halides is 3. The molecule has 1 heterocycles. The van der Waals surface area contributed by atoms with Gasteiger partial charge in [-0.3, -0.25) is 0 Å². The summed E-state index contributed by atoms with van der Waals surface area (Å²) in [4.78, 5) is 0.426. The number of rotatable bonds is 2. The van der Waals surface area contributed by atoms with E-state index in [1.165, 1.54) is 12.1 Å². The van der Waals surface area contributed by atoms with Crippen LogP contribution in [-0.2, 0) is 6.42 Å². The second-order valence-electron chi connectivity index (χ2n) is 2.47. The van der Waals surface area contributed by atoms with Crippen LogP contribution in [-0.4, -0.2) is 17.4 Å². The van der Waals surface area contributed by atoms with Crippen molar-refractivity contribution in [1.29, 1.82) is 0 Å². The van der Waals surface area contributed by atoms with E-state index in [2.05, 4.69) is 0 Å². The van der Waals surface area contributed by atoms with Crippen LogP contribution in [0.2, 0.25) is 4.34 Å². The van der Waals surface area contributed by atoms with Crippen LogP contribution in [0.15, 0.2) is 12.1 Å². The predicted octanol–water partition coefficient (Wildman–Crippen LogP) is 2.87. The highest BCUT2D eigenvalue weighted by Gasteiger charge is 2.38. The molecule has 0 aliphatic rings. The Labute approximate surface area is 81.8 Å². The zero-order valence-corrected chi connectivity index (χ0v) is 7.88. The standard InChI is InChI=1S/C7H6ClF3OS/c8-6-2-1-4(13-6)3-5(12)7(9,10)11/h1-2,5,12H,3H2/t5-/m1/s1.